The number of fused-ring (bicyclic) bond motifs is 1. The third-order valence-corrected chi connectivity index (χ3v) is 4.29. The van der Waals surface area contributed by atoms with E-state index < -0.39 is 5.60 Å². The van der Waals surface area contributed by atoms with Crippen molar-refractivity contribution < 1.29 is 5.11 Å². The Labute approximate surface area is 96.8 Å². The van der Waals surface area contributed by atoms with Crippen LogP contribution in [0.3, 0.4) is 0 Å². The lowest BCUT2D eigenvalue weighted by Crippen LogP contribution is -2.27. The molecule has 2 aliphatic rings. The van der Waals surface area contributed by atoms with Crippen LogP contribution in [0.5, 0.6) is 0 Å². The van der Waals surface area contributed by atoms with Gasteiger partial charge in [0.2, 0.25) is 0 Å². The van der Waals surface area contributed by atoms with Crippen molar-refractivity contribution in [3.63, 3.8) is 0 Å². The lowest BCUT2D eigenvalue weighted by Gasteiger charge is -2.21. The summed E-state index contributed by atoms with van der Waals surface area (Å²) < 4.78 is 0. The molecule has 0 bridgehead atoms. The van der Waals surface area contributed by atoms with Gasteiger partial charge in [-0.05, 0) is 43.1 Å². The van der Waals surface area contributed by atoms with E-state index in [1.807, 2.05) is 0 Å². The van der Waals surface area contributed by atoms with Crippen molar-refractivity contribution in [2.75, 3.05) is 0 Å². The van der Waals surface area contributed by atoms with Gasteiger partial charge in [0.05, 0.1) is 5.60 Å². The van der Waals surface area contributed by atoms with E-state index >= 15 is 0 Å². The molecule has 0 aliphatic heterocycles. The van der Waals surface area contributed by atoms with Gasteiger partial charge >= 0.3 is 0 Å². The first-order valence-electron chi connectivity index (χ1n) is 6.11. The van der Waals surface area contributed by atoms with E-state index in [0.29, 0.717) is 11.8 Å². The summed E-state index contributed by atoms with van der Waals surface area (Å²) in [7, 11) is 0. The Bertz CT molecular complexity index is 409. The Morgan fingerprint density at radius 1 is 1.25 bits per heavy atom. The molecular formula is C15H18O. The van der Waals surface area contributed by atoms with Gasteiger partial charge in [-0.2, -0.15) is 0 Å². The second-order valence-corrected chi connectivity index (χ2v) is 5.48. The Hall–Kier alpha value is -1.08. The van der Waals surface area contributed by atoms with E-state index in [9.17, 15) is 5.11 Å². The molecule has 1 N–H and O–H groups in total. The Morgan fingerprint density at radius 2 is 2.00 bits per heavy atom. The molecule has 1 nitrogen and oxygen atoms in total. The van der Waals surface area contributed by atoms with Crippen LogP contribution in [-0.4, -0.2) is 10.7 Å². The van der Waals surface area contributed by atoms with E-state index in [1.165, 1.54) is 11.1 Å². The lowest BCUT2D eigenvalue weighted by atomic mass is 9.93. The van der Waals surface area contributed by atoms with Crippen LogP contribution in [0.2, 0.25) is 0 Å². The highest BCUT2D eigenvalue weighted by molar-refractivity contribution is 5.26. The van der Waals surface area contributed by atoms with E-state index in [2.05, 4.69) is 36.9 Å². The average molecular weight is 214 g/mol. The van der Waals surface area contributed by atoms with Crippen molar-refractivity contribution in [2.24, 2.45) is 5.92 Å². The topological polar surface area (TPSA) is 20.2 Å². The Kier molecular flexibility index (Phi) is 2.18. The van der Waals surface area contributed by atoms with Gasteiger partial charge in [-0.1, -0.05) is 42.5 Å². The monoisotopic (exact) mass is 214 g/mol. The van der Waals surface area contributed by atoms with Crippen LogP contribution in [0.1, 0.15) is 37.2 Å². The highest BCUT2D eigenvalue weighted by atomic mass is 16.3. The number of aliphatic hydroxyl groups is 1. The minimum Gasteiger partial charge on any atom is -0.389 e. The summed E-state index contributed by atoms with van der Waals surface area (Å²) in [6, 6.07) is 10.6. The van der Waals surface area contributed by atoms with Crippen LogP contribution in [0.4, 0.5) is 0 Å². The third kappa shape index (κ3) is 1.51. The largest absolute Gasteiger partial charge is 0.389 e. The van der Waals surface area contributed by atoms with E-state index in [1.54, 1.807) is 0 Å². The van der Waals surface area contributed by atoms with E-state index in [-0.39, 0.29) is 0 Å². The van der Waals surface area contributed by atoms with Gasteiger partial charge in [-0.3, -0.25) is 0 Å². The molecular weight excluding hydrogens is 196 g/mol. The van der Waals surface area contributed by atoms with Crippen LogP contribution in [0.15, 0.2) is 42.5 Å². The van der Waals surface area contributed by atoms with Crippen LogP contribution in [0.25, 0.3) is 0 Å². The van der Waals surface area contributed by atoms with Gasteiger partial charge < -0.3 is 5.11 Å². The summed E-state index contributed by atoms with van der Waals surface area (Å²) in [4.78, 5) is 0. The summed E-state index contributed by atoms with van der Waals surface area (Å²) in [6.07, 6.45) is 3.89. The molecule has 1 aromatic rings. The van der Waals surface area contributed by atoms with Crippen molar-refractivity contribution in [2.45, 2.75) is 37.2 Å². The zero-order valence-corrected chi connectivity index (χ0v) is 9.52. The Balaban J connectivity index is 1.83. The van der Waals surface area contributed by atoms with Crippen LogP contribution >= 0.6 is 0 Å². The number of benzene rings is 1. The van der Waals surface area contributed by atoms with E-state index in [4.69, 9.17) is 0 Å². The van der Waals surface area contributed by atoms with Crippen molar-refractivity contribution in [1.29, 1.82) is 0 Å². The Morgan fingerprint density at radius 3 is 2.69 bits per heavy atom. The molecule has 84 valence electrons. The average Bonchev–Trinajstić information content (AvgIpc) is 2.70. The van der Waals surface area contributed by atoms with Gasteiger partial charge in [0.15, 0.2) is 0 Å². The standard InChI is InChI=1S/C15H18O/c1-11-7-14-8-13(10-15(14,16)9-11)12-5-3-2-4-6-12/h2-6,13-14,16H,1,7-10H2/t13-,14-,15-/m0/s1. The first kappa shape index (κ1) is 10.1. The molecule has 0 amide bonds. The fourth-order valence-electron chi connectivity index (χ4n) is 3.56. The molecule has 1 heteroatoms. The normalized spacial score (nSPS) is 37.7. The molecule has 2 fully saturated rings. The summed E-state index contributed by atoms with van der Waals surface area (Å²) in [6.45, 7) is 4.02. The zero-order valence-electron chi connectivity index (χ0n) is 9.52. The molecule has 0 aromatic heterocycles. The number of rotatable bonds is 1. The number of hydrogen-bond acceptors (Lipinski definition) is 1. The molecule has 0 radical (unpaired) electrons. The van der Waals surface area contributed by atoms with E-state index in [0.717, 1.165) is 25.7 Å². The van der Waals surface area contributed by atoms with Crippen molar-refractivity contribution in [3.8, 4) is 0 Å². The third-order valence-electron chi connectivity index (χ3n) is 4.29. The second kappa shape index (κ2) is 3.46. The van der Waals surface area contributed by atoms with Crippen molar-refractivity contribution in [1.82, 2.24) is 0 Å². The predicted molar refractivity (Wildman–Crippen MR) is 65.2 cm³/mol. The quantitative estimate of drug-likeness (QED) is 0.711. The summed E-state index contributed by atoms with van der Waals surface area (Å²) >= 11 is 0. The highest BCUT2D eigenvalue weighted by Gasteiger charge is 2.50. The maximum absolute atomic E-state index is 10.6. The summed E-state index contributed by atoms with van der Waals surface area (Å²) in [5, 5.41) is 10.6. The zero-order chi connectivity index (χ0) is 11.2. The predicted octanol–water partition coefficient (Wildman–Crippen LogP) is 3.26. The maximum Gasteiger partial charge on any atom is 0.0721 e. The molecule has 1 aromatic carbocycles. The molecule has 0 heterocycles. The molecule has 2 aliphatic carbocycles. The SMILES string of the molecule is C=C1C[C@H]2C[C@H](c3ccccc3)C[C@@]2(O)C1. The molecule has 2 saturated carbocycles. The highest BCUT2D eigenvalue weighted by Crippen LogP contribution is 2.54. The first-order chi connectivity index (χ1) is 7.67. The van der Waals surface area contributed by atoms with Crippen molar-refractivity contribution in [3.05, 3.63) is 48.0 Å². The molecule has 3 atom stereocenters. The van der Waals surface area contributed by atoms with Gasteiger partial charge in [0.1, 0.15) is 0 Å². The van der Waals surface area contributed by atoms with Crippen LogP contribution in [-0.2, 0) is 0 Å². The summed E-state index contributed by atoms with van der Waals surface area (Å²) in [5.74, 6) is 0.995. The molecule has 3 rings (SSSR count). The smallest absolute Gasteiger partial charge is 0.0721 e. The van der Waals surface area contributed by atoms with Gasteiger partial charge in [-0.15, -0.1) is 0 Å². The molecule has 0 unspecified atom stereocenters. The van der Waals surface area contributed by atoms with Gasteiger partial charge in [0.25, 0.3) is 0 Å². The van der Waals surface area contributed by atoms with Gasteiger partial charge in [0, 0.05) is 0 Å². The van der Waals surface area contributed by atoms with Crippen LogP contribution < -0.4 is 0 Å². The minimum absolute atomic E-state index is 0.447. The minimum atomic E-state index is -0.447. The molecule has 0 saturated heterocycles. The second-order valence-electron chi connectivity index (χ2n) is 5.48. The first-order valence-corrected chi connectivity index (χ1v) is 6.11. The fraction of sp³-hybridized carbons (Fsp3) is 0.467. The fourth-order valence-corrected chi connectivity index (χ4v) is 3.56. The maximum atomic E-state index is 10.6. The van der Waals surface area contributed by atoms with Crippen LogP contribution in [0, 0.1) is 5.92 Å². The molecule has 16 heavy (non-hydrogen) atoms. The van der Waals surface area contributed by atoms with Crippen molar-refractivity contribution >= 4 is 0 Å². The summed E-state index contributed by atoms with van der Waals surface area (Å²) in [5.41, 5.74) is 2.17. The molecule has 0 spiro atoms. The number of hydrogen-bond donors (Lipinski definition) is 1. The van der Waals surface area contributed by atoms with Gasteiger partial charge in [-0.25, -0.2) is 0 Å². The lowest BCUT2D eigenvalue weighted by molar-refractivity contribution is 0.0244.